The number of benzene rings is 8. The van der Waals surface area contributed by atoms with Crippen LogP contribution in [-0.4, -0.2) is 4.89 Å². The molecule has 0 radical (unpaired) electrons. The minimum atomic E-state index is -3.25. The van der Waals surface area contributed by atoms with Crippen molar-refractivity contribution in [2.24, 2.45) is 0 Å². The fourth-order valence-corrected chi connectivity index (χ4v) is 11.8. The minimum absolute atomic E-state index is 0.476. The maximum atomic E-state index is 12.6. The summed E-state index contributed by atoms with van der Waals surface area (Å²) in [5.41, 5.74) is 11.3. The van der Waals surface area contributed by atoms with E-state index in [0.29, 0.717) is 0 Å². The van der Waals surface area contributed by atoms with Gasteiger partial charge >= 0.3 is 228 Å². The van der Waals surface area contributed by atoms with Crippen LogP contribution in [0.1, 0.15) is 22.3 Å². The third-order valence-corrected chi connectivity index (χ3v) is 14.5. The molecule has 8 aromatic rings. The average Bonchev–Trinajstić information content (AvgIpc) is 3.52. The fraction of sp³-hybridized carbons (Fsp3) is 0.0204. The van der Waals surface area contributed by atoms with Gasteiger partial charge in [0.15, 0.2) is 0 Å². The molecule has 0 saturated heterocycles. The van der Waals surface area contributed by atoms with Crippen LogP contribution in [0.25, 0.3) is 33.4 Å². The second-order valence-electron chi connectivity index (χ2n) is 13.8. The van der Waals surface area contributed by atoms with Gasteiger partial charge in [-0.2, -0.15) is 0 Å². The Balaban J connectivity index is 1.09. The van der Waals surface area contributed by atoms with Crippen LogP contribution in [0.2, 0.25) is 0 Å². The van der Waals surface area contributed by atoms with E-state index in [9.17, 15) is 4.89 Å². The van der Waals surface area contributed by atoms with Crippen molar-refractivity contribution in [2.75, 3.05) is 0 Å². The van der Waals surface area contributed by atoms with E-state index in [1.165, 1.54) is 27.8 Å². The van der Waals surface area contributed by atoms with E-state index < -0.39 is 12.9 Å². The predicted octanol–water partition coefficient (Wildman–Crippen LogP) is 10.4. The first-order valence-corrected chi connectivity index (χ1v) is 19.8. The van der Waals surface area contributed by atoms with E-state index in [0.717, 1.165) is 55.2 Å². The molecule has 1 aliphatic heterocycles. The molecule has 0 saturated carbocycles. The Morgan fingerprint density at radius 3 is 1.44 bits per heavy atom. The molecule has 52 heavy (non-hydrogen) atoms. The number of hydrogen-bond donors (Lipinski definition) is 1. The molecule has 2 nitrogen and oxygen atoms in total. The third kappa shape index (κ3) is 4.52. The summed E-state index contributed by atoms with van der Waals surface area (Å²) >= 11 is 0. The van der Waals surface area contributed by atoms with Crippen molar-refractivity contribution in [2.45, 2.75) is 5.41 Å². The summed E-state index contributed by atoms with van der Waals surface area (Å²) in [4.78, 5) is 12.6. The van der Waals surface area contributed by atoms with Gasteiger partial charge in [0.1, 0.15) is 0 Å². The predicted molar refractivity (Wildman–Crippen MR) is 217 cm³/mol. The molecule has 0 unspecified atom stereocenters. The summed E-state index contributed by atoms with van der Waals surface area (Å²) in [6, 6.07) is 70.3. The van der Waals surface area contributed by atoms with Gasteiger partial charge in [0.25, 0.3) is 0 Å². The summed E-state index contributed by atoms with van der Waals surface area (Å²) in [6.45, 7) is 0. The molecule has 0 atom stereocenters. The van der Waals surface area contributed by atoms with E-state index in [1.807, 2.05) is 36.4 Å². The molecule has 1 aliphatic carbocycles. The third-order valence-electron chi connectivity index (χ3n) is 11.0. The van der Waals surface area contributed by atoms with Crippen LogP contribution < -0.4 is 20.7 Å². The average molecular weight is 687 g/mol. The number of ether oxygens (including phenoxy) is 1. The first-order chi connectivity index (χ1) is 25.7. The molecule has 0 fully saturated rings. The van der Waals surface area contributed by atoms with Crippen LogP contribution in [0.5, 0.6) is 11.5 Å². The van der Waals surface area contributed by atoms with Gasteiger partial charge in [0, 0.05) is 0 Å². The summed E-state index contributed by atoms with van der Waals surface area (Å²) in [7, 11) is -3.25. The fourth-order valence-electron chi connectivity index (χ4n) is 8.70. The Labute approximate surface area is 304 Å². The van der Waals surface area contributed by atoms with Crippen molar-refractivity contribution >= 4 is 23.4 Å². The van der Waals surface area contributed by atoms with Crippen molar-refractivity contribution in [3.8, 4) is 44.9 Å². The molecule has 10 rings (SSSR count). The normalized spacial score (nSPS) is 13.7. The topological polar surface area (TPSA) is 29.5 Å². The zero-order valence-electron chi connectivity index (χ0n) is 28.4. The van der Waals surface area contributed by atoms with Gasteiger partial charge in [-0.1, -0.05) is 66.7 Å². The second kappa shape index (κ2) is 12.0. The quantitative estimate of drug-likeness (QED) is 0.183. The van der Waals surface area contributed by atoms with E-state index >= 15 is 0 Å². The van der Waals surface area contributed by atoms with Crippen molar-refractivity contribution in [3.05, 3.63) is 222 Å². The molecule has 0 amide bonds. The molecule has 8 aromatic carbocycles. The Bertz CT molecular complexity index is 2540. The van der Waals surface area contributed by atoms with E-state index in [2.05, 4.69) is 164 Å². The van der Waals surface area contributed by atoms with Gasteiger partial charge in [0.05, 0.1) is 0 Å². The number of rotatable bonds is 5. The van der Waals surface area contributed by atoms with Gasteiger partial charge in [-0.25, -0.2) is 0 Å². The van der Waals surface area contributed by atoms with Crippen molar-refractivity contribution in [1.82, 2.24) is 0 Å². The summed E-state index contributed by atoms with van der Waals surface area (Å²) in [6.07, 6.45) is 0. The van der Waals surface area contributed by atoms with Gasteiger partial charge in [0.2, 0.25) is 0 Å². The summed E-state index contributed by atoms with van der Waals surface area (Å²) in [5.74, 6) is 1.76. The molecule has 1 heterocycles. The molecular weight excluding hydrogens is 652 g/mol. The summed E-state index contributed by atoms with van der Waals surface area (Å²) in [5, 5.41) is 2.89. The molecule has 0 bridgehead atoms. The van der Waals surface area contributed by atoms with Gasteiger partial charge < -0.3 is 0 Å². The monoisotopic (exact) mass is 686 g/mol. The summed E-state index contributed by atoms with van der Waals surface area (Å²) < 4.78 is 6.79. The van der Waals surface area contributed by atoms with Crippen LogP contribution in [0.15, 0.2) is 200 Å². The second-order valence-corrected chi connectivity index (χ2v) is 16.9. The first-order valence-electron chi connectivity index (χ1n) is 17.8. The zero-order chi connectivity index (χ0) is 34.7. The molecular formula is C49H35O2P. The molecule has 0 aromatic heterocycles. The maximum absolute atomic E-state index is 12.6. The number of hydrogen-bond acceptors (Lipinski definition) is 2. The molecule has 1 spiro atoms. The number of para-hydroxylation sites is 1. The van der Waals surface area contributed by atoms with Crippen LogP contribution >= 0.6 is 7.49 Å². The van der Waals surface area contributed by atoms with Crippen molar-refractivity contribution in [1.29, 1.82) is 0 Å². The van der Waals surface area contributed by atoms with Gasteiger partial charge in [-0.3, -0.25) is 0 Å². The Hall–Kier alpha value is -6.05. The Kier molecular flexibility index (Phi) is 7.11. The zero-order valence-corrected chi connectivity index (χ0v) is 29.4. The van der Waals surface area contributed by atoms with Crippen LogP contribution in [0, 0.1) is 0 Å². The SMILES string of the molecule is O[PH](c1ccccc1)(c1ccccc1)c1cccc(-c2cccc(-c3ccc4c(c3)Oc3ccccc3C43c4ccccc4-c4ccccc43)c2)c1. The first kappa shape index (κ1) is 30.7. The van der Waals surface area contributed by atoms with Crippen molar-refractivity contribution < 1.29 is 9.63 Å². The standard InChI is InChI=1S/C49H35O2P/c50-52(38-18-3-1-4-19-38,39-20-5-2-6-21-39)40-22-14-17-36(32-40)34-15-13-16-35(31-34)37-29-30-46-48(33-37)51-47-28-12-11-27-45(47)49(46)43-25-9-7-23-41(43)42-24-8-10-26-44(42)49/h1-33,50,52H. The molecule has 248 valence electrons. The molecule has 3 heteroatoms. The van der Waals surface area contributed by atoms with Gasteiger partial charge in [-0.15, -0.1) is 0 Å². The van der Waals surface area contributed by atoms with E-state index in [-0.39, 0.29) is 0 Å². The van der Waals surface area contributed by atoms with E-state index in [1.54, 1.807) is 0 Å². The van der Waals surface area contributed by atoms with Crippen LogP contribution in [-0.2, 0) is 5.41 Å². The van der Waals surface area contributed by atoms with Crippen molar-refractivity contribution in [3.63, 3.8) is 0 Å². The van der Waals surface area contributed by atoms with Gasteiger partial charge in [-0.05, 0) is 11.1 Å². The Morgan fingerprint density at radius 2 is 0.808 bits per heavy atom. The number of fused-ring (bicyclic) bond motifs is 9. The van der Waals surface area contributed by atoms with E-state index in [4.69, 9.17) is 4.74 Å². The van der Waals surface area contributed by atoms with Crippen LogP contribution in [0.3, 0.4) is 0 Å². The molecule has 1 N–H and O–H groups in total. The Morgan fingerprint density at radius 1 is 0.346 bits per heavy atom. The van der Waals surface area contributed by atoms with Crippen LogP contribution in [0.4, 0.5) is 0 Å². The molecule has 2 aliphatic rings.